The van der Waals surface area contributed by atoms with Gasteiger partial charge in [-0.15, -0.1) is 0 Å². The predicted molar refractivity (Wildman–Crippen MR) is 85.7 cm³/mol. The van der Waals surface area contributed by atoms with Gasteiger partial charge in [-0.05, 0) is 62.2 Å². The van der Waals surface area contributed by atoms with Gasteiger partial charge < -0.3 is 5.32 Å². The monoisotopic (exact) mass is 317 g/mol. The first-order valence-corrected chi connectivity index (χ1v) is 7.32. The smallest absolute Gasteiger partial charge is 0.0579 e. The van der Waals surface area contributed by atoms with Gasteiger partial charge in [-0.25, -0.2) is 0 Å². The fraction of sp³-hybridized carbons (Fsp3) is 0.294. The molecule has 1 N–H and O–H groups in total. The molecule has 0 aliphatic carbocycles. The largest absolute Gasteiger partial charge is 0.309 e. The Morgan fingerprint density at radius 3 is 2.26 bits per heavy atom. The molecule has 0 saturated heterocycles. The summed E-state index contributed by atoms with van der Waals surface area (Å²) in [6.45, 7) is 6.48. The molecule has 0 fully saturated rings. The van der Waals surface area contributed by atoms with Crippen LogP contribution in [0.2, 0.25) is 0 Å². The molecule has 0 heterocycles. The Hall–Kier alpha value is -1.12. The molecular formula is C17H20BrN. The maximum atomic E-state index is 3.57. The van der Waals surface area contributed by atoms with Crippen molar-refractivity contribution in [2.75, 3.05) is 7.05 Å². The number of benzene rings is 2. The molecule has 19 heavy (non-hydrogen) atoms. The van der Waals surface area contributed by atoms with Crippen molar-refractivity contribution in [1.82, 2.24) is 5.32 Å². The summed E-state index contributed by atoms with van der Waals surface area (Å²) in [6, 6.07) is 13.3. The highest BCUT2D eigenvalue weighted by Gasteiger charge is 2.16. The summed E-state index contributed by atoms with van der Waals surface area (Å²) in [6.07, 6.45) is 0. The third-order valence-electron chi connectivity index (χ3n) is 3.58. The average molecular weight is 318 g/mol. The zero-order valence-electron chi connectivity index (χ0n) is 11.9. The van der Waals surface area contributed by atoms with Gasteiger partial charge in [0.1, 0.15) is 0 Å². The van der Waals surface area contributed by atoms with E-state index < -0.39 is 0 Å². The molecule has 0 amide bonds. The van der Waals surface area contributed by atoms with Crippen molar-refractivity contribution >= 4 is 15.9 Å². The highest BCUT2D eigenvalue weighted by atomic mass is 79.9. The summed E-state index contributed by atoms with van der Waals surface area (Å²) >= 11 is 3.57. The van der Waals surface area contributed by atoms with Gasteiger partial charge in [0.2, 0.25) is 0 Å². The number of aryl methyl sites for hydroxylation is 3. The molecule has 2 aromatic rings. The van der Waals surface area contributed by atoms with Crippen molar-refractivity contribution in [2.24, 2.45) is 0 Å². The standard InChI is InChI=1S/C17H20BrN/c1-11-5-8-15(13(3)9-11)17(19-4)16-10-14(18)7-6-12(16)2/h5-10,17,19H,1-4H3. The van der Waals surface area contributed by atoms with E-state index in [1.165, 1.54) is 27.8 Å². The molecule has 2 heteroatoms. The second-order valence-electron chi connectivity index (χ2n) is 5.08. The molecule has 2 rings (SSSR count). The molecule has 0 aliphatic heterocycles. The quantitative estimate of drug-likeness (QED) is 0.866. The first-order chi connectivity index (χ1) is 9.02. The third-order valence-corrected chi connectivity index (χ3v) is 4.07. The van der Waals surface area contributed by atoms with Crippen LogP contribution in [0.4, 0.5) is 0 Å². The molecular weight excluding hydrogens is 298 g/mol. The maximum absolute atomic E-state index is 3.57. The second kappa shape index (κ2) is 5.89. The number of halogens is 1. The Morgan fingerprint density at radius 1 is 0.895 bits per heavy atom. The average Bonchev–Trinajstić information content (AvgIpc) is 2.36. The first-order valence-electron chi connectivity index (χ1n) is 6.53. The fourth-order valence-electron chi connectivity index (χ4n) is 2.55. The van der Waals surface area contributed by atoms with Gasteiger partial charge in [0.05, 0.1) is 6.04 Å². The summed E-state index contributed by atoms with van der Waals surface area (Å²) in [5, 5.41) is 3.44. The van der Waals surface area contributed by atoms with E-state index in [2.05, 4.69) is 78.4 Å². The fourth-order valence-corrected chi connectivity index (χ4v) is 2.93. The van der Waals surface area contributed by atoms with Crippen LogP contribution in [0.5, 0.6) is 0 Å². The van der Waals surface area contributed by atoms with E-state index in [1.54, 1.807) is 0 Å². The number of rotatable bonds is 3. The Kier molecular flexibility index (Phi) is 4.43. The van der Waals surface area contributed by atoms with Crippen molar-refractivity contribution < 1.29 is 0 Å². The van der Waals surface area contributed by atoms with E-state index in [4.69, 9.17) is 0 Å². The van der Waals surface area contributed by atoms with Crippen molar-refractivity contribution in [1.29, 1.82) is 0 Å². The summed E-state index contributed by atoms with van der Waals surface area (Å²) in [4.78, 5) is 0. The molecule has 100 valence electrons. The lowest BCUT2D eigenvalue weighted by Gasteiger charge is -2.22. The van der Waals surface area contributed by atoms with Crippen LogP contribution in [-0.4, -0.2) is 7.05 Å². The molecule has 1 atom stereocenters. The Bertz CT molecular complexity index is 590. The minimum atomic E-state index is 0.234. The zero-order chi connectivity index (χ0) is 14.0. The van der Waals surface area contributed by atoms with Gasteiger partial charge in [-0.1, -0.05) is 45.8 Å². The molecule has 0 radical (unpaired) electrons. The lowest BCUT2D eigenvalue weighted by molar-refractivity contribution is 0.683. The van der Waals surface area contributed by atoms with Crippen molar-refractivity contribution in [3.8, 4) is 0 Å². The van der Waals surface area contributed by atoms with Crippen LogP contribution in [0.3, 0.4) is 0 Å². The summed E-state index contributed by atoms with van der Waals surface area (Å²) in [5.41, 5.74) is 6.61. The van der Waals surface area contributed by atoms with Crippen LogP contribution < -0.4 is 5.32 Å². The van der Waals surface area contributed by atoms with Crippen molar-refractivity contribution in [3.05, 3.63) is 68.7 Å². The van der Waals surface area contributed by atoms with E-state index in [-0.39, 0.29) is 6.04 Å². The van der Waals surface area contributed by atoms with Crippen LogP contribution in [0.1, 0.15) is 33.9 Å². The lowest BCUT2D eigenvalue weighted by Crippen LogP contribution is -2.19. The summed E-state index contributed by atoms with van der Waals surface area (Å²) in [5.74, 6) is 0. The number of hydrogen-bond acceptors (Lipinski definition) is 1. The molecule has 0 saturated carbocycles. The van der Waals surface area contributed by atoms with Gasteiger partial charge in [0.15, 0.2) is 0 Å². The summed E-state index contributed by atoms with van der Waals surface area (Å²) < 4.78 is 1.12. The molecule has 0 spiro atoms. The van der Waals surface area contributed by atoms with Crippen LogP contribution in [0.15, 0.2) is 40.9 Å². The SMILES string of the molecule is CNC(c1ccc(C)cc1C)c1cc(Br)ccc1C. The molecule has 0 aromatic heterocycles. The Labute approximate surface area is 124 Å². The van der Waals surface area contributed by atoms with Crippen LogP contribution >= 0.6 is 15.9 Å². The normalized spacial score (nSPS) is 12.5. The predicted octanol–water partition coefficient (Wildman–Crippen LogP) is 4.68. The zero-order valence-corrected chi connectivity index (χ0v) is 13.5. The van der Waals surface area contributed by atoms with E-state index in [9.17, 15) is 0 Å². The molecule has 0 bridgehead atoms. The highest BCUT2D eigenvalue weighted by Crippen LogP contribution is 2.29. The third kappa shape index (κ3) is 3.07. The van der Waals surface area contributed by atoms with Crippen molar-refractivity contribution in [3.63, 3.8) is 0 Å². The highest BCUT2D eigenvalue weighted by molar-refractivity contribution is 9.10. The second-order valence-corrected chi connectivity index (χ2v) is 6.00. The van der Waals surface area contributed by atoms with Crippen LogP contribution in [0.25, 0.3) is 0 Å². The van der Waals surface area contributed by atoms with E-state index in [0.29, 0.717) is 0 Å². The number of hydrogen-bond donors (Lipinski definition) is 1. The van der Waals surface area contributed by atoms with Gasteiger partial charge in [0, 0.05) is 4.47 Å². The minimum absolute atomic E-state index is 0.234. The van der Waals surface area contributed by atoms with Gasteiger partial charge in [0.25, 0.3) is 0 Å². The maximum Gasteiger partial charge on any atom is 0.0579 e. The molecule has 1 unspecified atom stereocenters. The van der Waals surface area contributed by atoms with Gasteiger partial charge >= 0.3 is 0 Å². The first kappa shape index (κ1) is 14.3. The molecule has 2 aromatic carbocycles. The summed E-state index contributed by atoms with van der Waals surface area (Å²) in [7, 11) is 2.02. The van der Waals surface area contributed by atoms with Crippen LogP contribution in [0, 0.1) is 20.8 Å². The Balaban J connectivity index is 2.52. The Morgan fingerprint density at radius 2 is 1.63 bits per heavy atom. The van der Waals surface area contributed by atoms with E-state index in [0.717, 1.165) is 4.47 Å². The lowest BCUT2D eigenvalue weighted by atomic mass is 9.91. The van der Waals surface area contributed by atoms with Gasteiger partial charge in [-0.3, -0.25) is 0 Å². The number of nitrogens with one attached hydrogen (secondary N) is 1. The van der Waals surface area contributed by atoms with Crippen LogP contribution in [-0.2, 0) is 0 Å². The van der Waals surface area contributed by atoms with E-state index >= 15 is 0 Å². The van der Waals surface area contributed by atoms with Gasteiger partial charge in [-0.2, -0.15) is 0 Å². The van der Waals surface area contributed by atoms with Crippen molar-refractivity contribution in [2.45, 2.75) is 26.8 Å². The molecule has 0 aliphatic rings. The van der Waals surface area contributed by atoms with E-state index in [1.807, 2.05) is 7.05 Å². The molecule has 1 nitrogen and oxygen atoms in total. The minimum Gasteiger partial charge on any atom is -0.309 e. The topological polar surface area (TPSA) is 12.0 Å².